The summed E-state index contributed by atoms with van der Waals surface area (Å²) in [5.41, 5.74) is 0.484. The van der Waals surface area contributed by atoms with Crippen LogP contribution in [0.15, 0.2) is 18.2 Å². The standard InChI is InChI=1S/C16H19ClN2O4/c17-12-5-6-14(19(22)23)11(7-12)9-18-13-4-2-1-3-10(13)8-15(18)16(20)21/h5-7,10,13,15H,1-4,8-9H2,(H,20,21). The van der Waals surface area contributed by atoms with Crippen molar-refractivity contribution in [3.8, 4) is 0 Å². The number of halogens is 1. The summed E-state index contributed by atoms with van der Waals surface area (Å²) in [7, 11) is 0. The molecule has 3 rings (SSSR count). The largest absolute Gasteiger partial charge is 0.480 e. The van der Waals surface area contributed by atoms with E-state index in [0.717, 1.165) is 25.7 Å². The van der Waals surface area contributed by atoms with E-state index >= 15 is 0 Å². The predicted molar refractivity (Wildman–Crippen MR) is 85.4 cm³/mol. The maximum absolute atomic E-state index is 11.6. The highest BCUT2D eigenvalue weighted by Crippen LogP contribution is 2.41. The van der Waals surface area contributed by atoms with Gasteiger partial charge in [-0.1, -0.05) is 24.4 Å². The first kappa shape index (κ1) is 16.2. The van der Waals surface area contributed by atoms with Crippen molar-refractivity contribution in [1.29, 1.82) is 0 Å². The lowest BCUT2D eigenvalue weighted by molar-refractivity contribution is -0.385. The molecule has 0 bridgehead atoms. The number of hydrogen-bond acceptors (Lipinski definition) is 4. The van der Waals surface area contributed by atoms with E-state index in [-0.39, 0.29) is 18.3 Å². The molecule has 1 aliphatic heterocycles. The molecule has 124 valence electrons. The van der Waals surface area contributed by atoms with Crippen LogP contribution in [0.3, 0.4) is 0 Å². The third-order valence-electron chi connectivity index (χ3n) is 5.10. The number of carbonyl (C=O) groups is 1. The van der Waals surface area contributed by atoms with Crippen LogP contribution in [0.2, 0.25) is 5.02 Å². The third kappa shape index (κ3) is 3.19. The van der Waals surface area contributed by atoms with Crippen molar-refractivity contribution in [2.45, 2.75) is 50.7 Å². The van der Waals surface area contributed by atoms with Crippen LogP contribution in [0.1, 0.15) is 37.7 Å². The molecular formula is C16H19ClN2O4. The Bertz CT molecular complexity index is 637. The fourth-order valence-electron chi connectivity index (χ4n) is 4.08. The van der Waals surface area contributed by atoms with Gasteiger partial charge in [-0.3, -0.25) is 19.8 Å². The van der Waals surface area contributed by atoms with E-state index in [0.29, 0.717) is 22.9 Å². The van der Waals surface area contributed by atoms with Gasteiger partial charge in [-0.25, -0.2) is 0 Å². The number of likely N-dealkylation sites (tertiary alicyclic amines) is 1. The lowest BCUT2D eigenvalue weighted by Gasteiger charge is -2.32. The van der Waals surface area contributed by atoms with Crippen molar-refractivity contribution in [2.24, 2.45) is 5.92 Å². The quantitative estimate of drug-likeness (QED) is 0.671. The number of nitro benzene ring substituents is 1. The molecular weight excluding hydrogens is 320 g/mol. The number of carboxylic acids is 1. The average Bonchev–Trinajstić information content (AvgIpc) is 2.86. The van der Waals surface area contributed by atoms with Gasteiger partial charge in [-0.05, 0) is 37.3 Å². The van der Waals surface area contributed by atoms with E-state index in [4.69, 9.17) is 11.6 Å². The number of fused-ring (bicyclic) bond motifs is 1. The summed E-state index contributed by atoms with van der Waals surface area (Å²) in [5.74, 6) is -0.466. The lowest BCUT2D eigenvalue weighted by atomic mass is 9.84. The summed E-state index contributed by atoms with van der Waals surface area (Å²) in [6.45, 7) is 0.259. The Morgan fingerprint density at radius 3 is 2.83 bits per heavy atom. The molecule has 1 aromatic carbocycles. The molecule has 2 fully saturated rings. The number of rotatable bonds is 4. The molecule has 1 heterocycles. The molecule has 1 saturated heterocycles. The van der Waals surface area contributed by atoms with Gasteiger partial charge in [0.2, 0.25) is 0 Å². The maximum Gasteiger partial charge on any atom is 0.320 e. The third-order valence-corrected chi connectivity index (χ3v) is 5.33. The molecule has 1 aliphatic carbocycles. The number of hydrogen-bond donors (Lipinski definition) is 1. The highest BCUT2D eigenvalue weighted by Gasteiger charge is 2.45. The second kappa shape index (κ2) is 6.45. The first-order valence-corrected chi connectivity index (χ1v) is 8.26. The Morgan fingerprint density at radius 1 is 1.39 bits per heavy atom. The predicted octanol–water partition coefficient (Wildman–Crippen LogP) is 3.47. The van der Waals surface area contributed by atoms with Gasteiger partial charge in [0, 0.05) is 29.2 Å². The zero-order valence-electron chi connectivity index (χ0n) is 12.7. The van der Waals surface area contributed by atoms with Crippen LogP contribution in [0.5, 0.6) is 0 Å². The number of nitro groups is 1. The molecule has 2 aliphatic rings. The van der Waals surface area contributed by atoms with E-state index < -0.39 is 16.9 Å². The van der Waals surface area contributed by atoms with Gasteiger partial charge in [-0.15, -0.1) is 0 Å². The molecule has 0 radical (unpaired) electrons. The highest BCUT2D eigenvalue weighted by molar-refractivity contribution is 6.30. The number of benzene rings is 1. The van der Waals surface area contributed by atoms with Crippen molar-refractivity contribution in [1.82, 2.24) is 4.90 Å². The first-order valence-electron chi connectivity index (χ1n) is 7.88. The van der Waals surface area contributed by atoms with Gasteiger partial charge in [-0.2, -0.15) is 0 Å². The molecule has 0 spiro atoms. The van der Waals surface area contributed by atoms with Crippen LogP contribution in [-0.2, 0) is 11.3 Å². The van der Waals surface area contributed by atoms with Crippen LogP contribution < -0.4 is 0 Å². The Balaban J connectivity index is 1.91. The smallest absolute Gasteiger partial charge is 0.320 e. The summed E-state index contributed by atoms with van der Waals surface area (Å²) < 4.78 is 0. The minimum Gasteiger partial charge on any atom is -0.480 e. The Kier molecular flexibility index (Phi) is 4.55. The molecule has 1 aromatic rings. The Morgan fingerprint density at radius 2 is 2.13 bits per heavy atom. The van der Waals surface area contributed by atoms with Crippen molar-refractivity contribution in [3.63, 3.8) is 0 Å². The summed E-state index contributed by atoms with van der Waals surface area (Å²) >= 11 is 5.99. The number of aliphatic carboxylic acids is 1. The van der Waals surface area contributed by atoms with E-state index in [1.165, 1.54) is 12.1 Å². The summed E-state index contributed by atoms with van der Waals surface area (Å²) in [4.78, 5) is 24.4. The molecule has 7 heteroatoms. The summed E-state index contributed by atoms with van der Waals surface area (Å²) in [5, 5.41) is 21.2. The molecule has 23 heavy (non-hydrogen) atoms. The van der Waals surface area contributed by atoms with E-state index in [9.17, 15) is 20.0 Å². The average molecular weight is 339 g/mol. The van der Waals surface area contributed by atoms with Gasteiger partial charge in [0.1, 0.15) is 6.04 Å². The van der Waals surface area contributed by atoms with Crippen LogP contribution in [0.4, 0.5) is 5.69 Å². The van der Waals surface area contributed by atoms with Crippen LogP contribution in [0, 0.1) is 16.0 Å². The first-order chi connectivity index (χ1) is 11.0. The number of nitrogens with zero attached hydrogens (tertiary/aromatic N) is 2. The lowest BCUT2D eigenvalue weighted by Crippen LogP contribution is -2.41. The molecule has 1 saturated carbocycles. The normalized spacial score (nSPS) is 27.6. The van der Waals surface area contributed by atoms with Crippen molar-refractivity contribution in [3.05, 3.63) is 38.9 Å². The fraction of sp³-hybridized carbons (Fsp3) is 0.562. The van der Waals surface area contributed by atoms with Crippen LogP contribution in [0.25, 0.3) is 0 Å². The van der Waals surface area contributed by atoms with Crippen LogP contribution >= 0.6 is 11.6 Å². The highest BCUT2D eigenvalue weighted by atomic mass is 35.5. The molecule has 3 atom stereocenters. The van der Waals surface area contributed by atoms with Gasteiger partial charge < -0.3 is 5.11 Å². The number of carboxylic acid groups (broad SMARTS) is 1. The molecule has 0 amide bonds. The second-order valence-corrected chi connectivity index (χ2v) is 6.84. The second-order valence-electron chi connectivity index (χ2n) is 6.40. The van der Waals surface area contributed by atoms with E-state index in [1.54, 1.807) is 6.07 Å². The van der Waals surface area contributed by atoms with Gasteiger partial charge in [0.05, 0.1) is 4.92 Å². The van der Waals surface area contributed by atoms with Crippen molar-refractivity contribution in [2.75, 3.05) is 0 Å². The van der Waals surface area contributed by atoms with Crippen molar-refractivity contribution < 1.29 is 14.8 Å². The molecule has 1 N–H and O–H groups in total. The van der Waals surface area contributed by atoms with Crippen molar-refractivity contribution >= 4 is 23.3 Å². The topological polar surface area (TPSA) is 83.7 Å². The monoisotopic (exact) mass is 338 g/mol. The summed E-state index contributed by atoms with van der Waals surface area (Å²) in [6, 6.07) is 4.09. The zero-order chi connectivity index (χ0) is 16.6. The van der Waals surface area contributed by atoms with Crippen LogP contribution in [-0.4, -0.2) is 33.0 Å². The molecule has 0 aromatic heterocycles. The molecule has 3 unspecified atom stereocenters. The Hall–Kier alpha value is -1.66. The van der Waals surface area contributed by atoms with Gasteiger partial charge in [0.25, 0.3) is 5.69 Å². The van der Waals surface area contributed by atoms with Gasteiger partial charge >= 0.3 is 5.97 Å². The van der Waals surface area contributed by atoms with E-state index in [1.807, 2.05) is 4.90 Å². The minimum absolute atomic E-state index is 0.00204. The Labute approximate surface area is 139 Å². The van der Waals surface area contributed by atoms with E-state index in [2.05, 4.69) is 0 Å². The minimum atomic E-state index is -0.843. The zero-order valence-corrected chi connectivity index (χ0v) is 13.4. The van der Waals surface area contributed by atoms with Gasteiger partial charge in [0.15, 0.2) is 0 Å². The molecule has 6 nitrogen and oxygen atoms in total. The maximum atomic E-state index is 11.6. The summed E-state index contributed by atoms with van der Waals surface area (Å²) in [6.07, 6.45) is 4.86. The SMILES string of the molecule is O=C(O)C1CC2CCCCC2N1Cc1cc(Cl)ccc1[N+](=O)[O-]. The fourth-order valence-corrected chi connectivity index (χ4v) is 4.27.